The maximum Gasteiger partial charge on any atom is 0.261 e. The molecule has 136 valence electrons. The van der Waals surface area contributed by atoms with Crippen LogP contribution in [0.1, 0.15) is 15.2 Å². The predicted octanol–water partition coefficient (Wildman–Crippen LogP) is 4.77. The average Bonchev–Trinajstić information content (AvgIpc) is 3.39. The van der Waals surface area contributed by atoms with Gasteiger partial charge in [0, 0.05) is 28.4 Å². The zero-order valence-electron chi connectivity index (χ0n) is 14.8. The van der Waals surface area contributed by atoms with Crippen molar-refractivity contribution in [3.63, 3.8) is 0 Å². The summed E-state index contributed by atoms with van der Waals surface area (Å²) in [5.74, 6) is -0.0462. The van der Waals surface area contributed by atoms with Crippen molar-refractivity contribution in [3.8, 4) is 11.3 Å². The summed E-state index contributed by atoms with van der Waals surface area (Å²) in [7, 11) is 0. The van der Waals surface area contributed by atoms with Crippen molar-refractivity contribution in [2.75, 3.05) is 0 Å². The second-order valence-corrected chi connectivity index (χ2v) is 7.57. The fourth-order valence-corrected chi connectivity index (χ4v) is 4.23. The lowest BCUT2D eigenvalue weighted by atomic mass is 10.1. The van der Waals surface area contributed by atoms with Gasteiger partial charge in [-0.1, -0.05) is 42.5 Å². The third kappa shape index (κ3) is 3.04. The van der Waals surface area contributed by atoms with Crippen molar-refractivity contribution in [2.24, 2.45) is 0 Å². The molecule has 2 N–H and O–H groups in total. The molecule has 3 heterocycles. The quantitative estimate of drug-likeness (QED) is 0.469. The molecule has 2 aromatic carbocycles. The first-order valence-corrected chi connectivity index (χ1v) is 9.74. The van der Waals surface area contributed by atoms with Gasteiger partial charge < -0.3 is 10.3 Å². The number of nitrogens with one attached hydrogen (secondary N) is 2. The second-order valence-electron chi connectivity index (χ2n) is 6.49. The molecule has 0 aliphatic heterocycles. The van der Waals surface area contributed by atoms with Crippen molar-refractivity contribution in [3.05, 3.63) is 83.6 Å². The van der Waals surface area contributed by atoms with Gasteiger partial charge in [0.05, 0.1) is 10.6 Å². The highest BCUT2D eigenvalue weighted by Gasteiger charge is 2.10. The van der Waals surface area contributed by atoms with Crippen molar-refractivity contribution in [1.82, 2.24) is 20.3 Å². The number of nitrogens with zero attached hydrogens (tertiary/aromatic N) is 2. The summed E-state index contributed by atoms with van der Waals surface area (Å²) >= 11 is 1.51. The van der Waals surface area contributed by atoms with E-state index in [9.17, 15) is 4.79 Å². The molecule has 5 aromatic rings. The number of rotatable bonds is 4. The fourth-order valence-electron chi connectivity index (χ4n) is 3.25. The third-order valence-corrected chi connectivity index (χ3v) is 5.80. The minimum atomic E-state index is -0.0462. The Bertz CT molecular complexity index is 1250. The first kappa shape index (κ1) is 16.6. The second kappa shape index (κ2) is 6.90. The van der Waals surface area contributed by atoms with Crippen LogP contribution in [0.5, 0.6) is 0 Å². The van der Waals surface area contributed by atoms with Crippen molar-refractivity contribution < 1.29 is 4.79 Å². The van der Waals surface area contributed by atoms with E-state index >= 15 is 0 Å². The SMILES string of the molecule is O=C(NCc1ccc(-c2ncnc3[nH]ccc23)cc1)c1cc2ccccc2s1. The molecular formula is C22H16N4OS. The number of hydrogen-bond acceptors (Lipinski definition) is 4. The van der Waals surface area contributed by atoms with Crippen molar-refractivity contribution in [1.29, 1.82) is 0 Å². The van der Waals surface area contributed by atoms with E-state index in [0.29, 0.717) is 6.54 Å². The lowest BCUT2D eigenvalue weighted by Crippen LogP contribution is -2.21. The average molecular weight is 384 g/mol. The Morgan fingerprint density at radius 3 is 2.75 bits per heavy atom. The number of amides is 1. The molecule has 0 aliphatic rings. The molecule has 5 rings (SSSR count). The Kier molecular flexibility index (Phi) is 4.10. The summed E-state index contributed by atoms with van der Waals surface area (Å²) in [6.45, 7) is 0.483. The van der Waals surface area contributed by atoms with Crippen LogP contribution in [0, 0.1) is 0 Å². The summed E-state index contributed by atoms with van der Waals surface area (Å²) in [6, 6.07) is 20.0. The largest absolute Gasteiger partial charge is 0.347 e. The molecule has 0 saturated heterocycles. The van der Waals surface area contributed by atoms with Gasteiger partial charge in [0.2, 0.25) is 0 Å². The van der Waals surface area contributed by atoms with E-state index in [1.54, 1.807) is 6.33 Å². The standard InChI is InChI=1S/C22H16N4OS/c27-22(19-11-16-3-1-2-4-18(16)28-19)24-12-14-5-7-15(8-6-14)20-17-9-10-23-21(17)26-13-25-20/h1-11,13H,12H2,(H,24,27)(H,23,25,26). The minimum absolute atomic E-state index is 0.0462. The Morgan fingerprint density at radius 2 is 1.89 bits per heavy atom. The highest BCUT2D eigenvalue weighted by atomic mass is 32.1. The third-order valence-electron chi connectivity index (χ3n) is 4.68. The van der Waals surface area contributed by atoms with E-state index in [2.05, 4.69) is 20.3 Å². The summed E-state index contributed by atoms with van der Waals surface area (Å²) < 4.78 is 1.12. The van der Waals surface area contributed by atoms with E-state index in [4.69, 9.17) is 0 Å². The Hall–Kier alpha value is -3.51. The normalized spacial score (nSPS) is 11.1. The Morgan fingerprint density at radius 1 is 1.04 bits per heavy atom. The molecule has 0 unspecified atom stereocenters. The number of H-pyrrole nitrogens is 1. The van der Waals surface area contributed by atoms with Crippen LogP contribution in [0.4, 0.5) is 0 Å². The fraction of sp³-hybridized carbons (Fsp3) is 0.0455. The number of thiophene rings is 1. The Labute approximate surface area is 165 Å². The molecule has 0 radical (unpaired) electrons. The van der Waals surface area contributed by atoms with Crippen LogP contribution in [-0.2, 0) is 6.54 Å². The molecule has 6 heteroatoms. The highest BCUT2D eigenvalue weighted by molar-refractivity contribution is 7.20. The summed E-state index contributed by atoms with van der Waals surface area (Å²) in [4.78, 5) is 24.9. The van der Waals surface area contributed by atoms with Gasteiger partial charge in [-0.3, -0.25) is 4.79 Å². The van der Waals surface area contributed by atoms with Gasteiger partial charge in [-0.15, -0.1) is 11.3 Å². The van der Waals surface area contributed by atoms with Crippen LogP contribution < -0.4 is 5.32 Å². The van der Waals surface area contributed by atoms with Gasteiger partial charge in [0.15, 0.2) is 0 Å². The molecule has 0 aliphatic carbocycles. The smallest absolute Gasteiger partial charge is 0.261 e. The van der Waals surface area contributed by atoms with Gasteiger partial charge in [-0.05, 0) is 29.1 Å². The summed E-state index contributed by atoms with van der Waals surface area (Å²) in [5.41, 5.74) is 3.78. The van der Waals surface area contributed by atoms with E-state index < -0.39 is 0 Å². The van der Waals surface area contributed by atoms with Crippen LogP contribution in [0.25, 0.3) is 32.4 Å². The molecule has 28 heavy (non-hydrogen) atoms. The number of benzene rings is 2. The maximum atomic E-state index is 12.5. The number of hydrogen-bond donors (Lipinski definition) is 2. The maximum absolute atomic E-state index is 12.5. The lowest BCUT2D eigenvalue weighted by molar-refractivity contribution is 0.0955. The van der Waals surface area contributed by atoms with E-state index in [0.717, 1.165) is 42.8 Å². The summed E-state index contributed by atoms with van der Waals surface area (Å²) in [5, 5.41) is 5.10. The van der Waals surface area contributed by atoms with Gasteiger partial charge in [-0.2, -0.15) is 0 Å². The van der Waals surface area contributed by atoms with Gasteiger partial charge in [-0.25, -0.2) is 9.97 Å². The number of aromatic amines is 1. The lowest BCUT2D eigenvalue weighted by Gasteiger charge is -2.06. The zero-order chi connectivity index (χ0) is 18.9. The van der Waals surface area contributed by atoms with Gasteiger partial charge in [0.1, 0.15) is 12.0 Å². The van der Waals surface area contributed by atoms with Crippen molar-refractivity contribution in [2.45, 2.75) is 6.54 Å². The molecule has 0 fully saturated rings. The van der Waals surface area contributed by atoms with Crippen LogP contribution in [0.2, 0.25) is 0 Å². The van der Waals surface area contributed by atoms with Crippen LogP contribution >= 0.6 is 11.3 Å². The number of fused-ring (bicyclic) bond motifs is 2. The molecule has 5 nitrogen and oxygen atoms in total. The van der Waals surface area contributed by atoms with E-state index in [1.807, 2.05) is 66.9 Å². The monoisotopic (exact) mass is 384 g/mol. The molecule has 0 atom stereocenters. The molecule has 0 spiro atoms. The van der Waals surface area contributed by atoms with Crippen molar-refractivity contribution >= 4 is 38.4 Å². The molecule has 3 aromatic heterocycles. The van der Waals surface area contributed by atoms with E-state index in [1.165, 1.54) is 11.3 Å². The van der Waals surface area contributed by atoms with Gasteiger partial charge >= 0.3 is 0 Å². The first-order valence-electron chi connectivity index (χ1n) is 8.92. The first-order chi connectivity index (χ1) is 13.8. The number of carbonyl (C=O) groups excluding carboxylic acids is 1. The number of aromatic nitrogens is 3. The predicted molar refractivity (Wildman–Crippen MR) is 112 cm³/mol. The van der Waals surface area contributed by atoms with Gasteiger partial charge in [0.25, 0.3) is 5.91 Å². The zero-order valence-corrected chi connectivity index (χ0v) is 15.7. The minimum Gasteiger partial charge on any atom is -0.347 e. The number of carbonyl (C=O) groups is 1. The molecule has 0 saturated carbocycles. The summed E-state index contributed by atoms with van der Waals surface area (Å²) in [6.07, 6.45) is 3.42. The van der Waals surface area contributed by atoms with Crippen LogP contribution in [-0.4, -0.2) is 20.9 Å². The molecular weight excluding hydrogens is 368 g/mol. The van der Waals surface area contributed by atoms with Crippen LogP contribution in [0.15, 0.2) is 73.2 Å². The van der Waals surface area contributed by atoms with Crippen LogP contribution in [0.3, 0.4) is 0 Å². The molecule has 0 bridgehead atoms. The molecule has 1 amide bonds. The highest BCUT2D eigenvalue weighted by Crippen LogP contribution is 2.26. The van der Waals surface area contributed by atoms with E-state index in [-0.39, 0.29) is 5.91 Å². The Balaban J connectivity index is 1.31. The topological polar surface area (TPSA) is 70.7 Å².